The lowest BCUT2D eigenvalue weighted by molar-refractivity contribution is -0.0542. The molecule has 1 aliphatic rings. The molecule has 1 aromatic heterocycles. The minimum absolute atomic E-state index is 0.143. The zero-order valence-electron chi connectivity index (χ0n) is 15.5. The van der Waals surface area contributed by atoms with Gasteiger partial charge in [-0.1, -0.05) is 0 Å². The summed E-state index contributed by atoms with van der Waals surface area (Å²) >= 11 is 0. The number of aromatic nitrogens is 2. The van der Waals surface area contributed by atoms with Crippen LogP contribution in [0.25, 0.3) is 0 Å². The fraction of sp³-hybridized carbons (Fsp3) is 0.312. The van der Waals surface area contributed by atoms with E-state index in [2.05, 4.69) is 20.1 Å². The molecule has 1 aromatic carbocycles. The second-order valence-electron chi connectivity index (χ2n) is 6.42. The number of aliphatic hydroxyl groups excluding tert-OH is 2. The van der Waals surface area contributed by atoms with Gasteiger partial charge in [-0.05, 0) is 30.3 Å². The lowest BCUT2D eigenvalue weighted by atomic mass is 10.1. The lowest BCUT2D eigenvalue weighted by Crippen LogP contribution is -2.36. The normalized spacial score (nSPS) is 23.5. The molecule has 13 nitrogen and oxygen atoms in total. The number of halogens is 1. The van der Waals surface area contributed by atoms with E-state index in [4.69, 9.17) is 14.5 Å². The highest BCUT2D eigenvalue weighted by Crippen LogP contribution is 2.38. The van der Waals surface area contributed by atoms with E-state index in [1.54, 1.807) is 0 Å². The Morgan fingerprint density at radius 3 is 2.48 bits per heavy atom. The molecule has 0 radical (unpaired) electrons. The van der Waals surface area contributed by atoms with Gasteiger partial charge in [-0.2, -0.15) is 4.98 Å². The molecule has 0 aliphatic carbocycles. The molecule has 6 N–H and O–H groups in total. The van der Waals surface area contributed by atoms with Crippen LogP contribution in [0.2, 0.25) is 0 Å². The average Bonchev–Trinajstić information content (AvgIpc) is 2.96. The third-order valence-corrected chi connectivity index (χ3v) is 4.68. The first-order valence-electron chi connectivity index (χ1n) is 8.68. The molecule has 1 saturated heterocycles. The second-order valence-corrected chi connectivity index (χ2v) is 7.66. The SMILES string of the molecule is O=C(Nc1ccc(F)cc1)Nc1ccn([C@@H]2O[C@H](COP(=O)(O)O)[C@@H](O)[C@H]2O)c(=O)n1. The van der Waals surface area contributed by atoms with Crippen LogP contribution in [0.1, 0.15) is 6.23 Å². The van der Waals surface area contributed by atoms with E-state index in [-0.39, 0.29) is 5.82 Å². The topological polar surface area (TPSA) is 192 Å². The summed E-state index contributed by atoms with van der Waals surface area (Å²) in [4.78, 5) is 45.4. The maximum absolute atomic E-state index is 12.9. The number of phosphoric ester groups is 1. The maximum Gasteiger partial charge on any atom is 0.469 e. The predicted octanol–water partition coefficient (Wildman–Crippen LogP) is -0.245. The molecule has 3 rings (SSSR count). The first kappa shape index (κ1) is 23.0. The summed E-state index contributed by atoms with van der Waals surface area (Å²) < 4.78 is 34.0. The van der Waals surface area contributed by atoms with Gasteiger partial charge in [0, 0.05) is 11.9 Å². The van der Waals surface area contributed by atoms with Crippen LogP contribution in [0.3, 0.4) is 0 Å². The minimum Gasteiger partial charge on any atom is -0.387 e. The summed E-state index contributed by atoms with van der Waals surface area (Å²) in [6.45, 7) is -0.732. The number of benzene rings is 1. The van der Waals surface area contributed by atoms with Crippen molar-refractivity contribution in [2.45, 2.75) is 24.5 Å². The molecule has 15 heteroatoms. The molecule has 0 bridgehead atoms. The lowest BCUT2D eigenvalue weighted by Gasteiger charge is -2.17. The molecule has 168 valence electrons. The van der Waals surface area contributed by atoms with Crippen LogP contribution >= 0.6 is 7.82 Å². The summed E-state index contributed by atoms with van der Waals surface area (Å²) in [6.07, 6.45) is -4.81. The van der Waals surface area contributed by atoms with Crippen LogP contribution in [-0.2, 0) is 13.8 Å². The zero-order chi connectivity index (χ0) is 22.8. The molecule has 1 fully saturated rings. The summed E-state index contributed by atoms with van der Waals surface area (Å²) in [7, 11) is -4.83. The van der Waals surface area contributed by atoms with Crippen LogP contribution in [0.4, 0.5) is 20.7 Å². The number of aliphatic hydroxyl groups is 2. The molecule has 2 aromatic rings. The van der Waals surface area contributed by atoms with Gasteiger partial charge in [0.25, 0.3) is 0 Å². The van der Waals surface area contributed by atoms with E-state index in [0.717, 1.165) is 22.9 Å². The smallest absolute Gasteiger partial charge is 0.387 e. The van der Waals surface area contributed by atoms with Crippen molar-refractivity contribution >= 4 is 25.4 Å². The van der Waals surface area contributed by atoms with Crippen LogP contribution in [0.15, 0.2) is 41.3 Å². The predicted molar refractivity (Wildman–Crippen MR) is 101 cm³/mol. The Morgan fingerprint density at radius 2 is 1.87 bits per heavy atom. The largest absolute Gasteiger partial charge is 0.469 e. The van der Waals surface area contributed by atoms with E-state index in [0.29, 0.717) is 5.69 Å². The van der Waals surface area contributed by atoms with Crippen molar-refractivity contribution in [3.63, 3.8) is 0 Å². The second kappa shape index (κ2) is 9.20. The molecule has 1 aliphatic heterocycles. The van der Waals surface area contributed by atoms with Gasteiger partial charge in [-0.3, -0.25) is 14.4 Å². The van der Waals surface area contributed by atoms with E-state index in [1.165, 1.54) is 18.2 Å². The highest BCUT2D eigenvalue weighted by molar-refractivity contribution is 7.46. The van der Waals surface area contributed by atoms with Gasteiger partial charge in [0.2, 0.25) is 0 Å². The number of hydrogen-bond donors (Lipinski definition) is 6. The highest BCUT2D eigenvalue weighted by atomic mass is 31.2. The number of anilines is 2. The van der Waals surface area contributed by atoms with Gasteiger partial charge in [-0.25, -0.2) is 18.5 Å². The Balaban J connectivity index is 1.66. The zero-order valence-corrected chi connectivity index (χ0v) is 16.4. The third-order valence-electron chi connectivity index (χ3n) is 4.19. The molecule has 31 heavy (non-hydrogen) atoms. The Labute approximate surface area is 173 Å². The summed E-state index contributed by atoms with van der Waals surface area (Å²) in [5.74, 6) is -0.622. The van der Waals surface area contributed by atoms with E-state index in [9.17, 15) is 28.8 Å². The minimum atomic E-state index is -4.83. The number of rotatable bonds is 6. The van der Waals surface area contributed by atoms with E-state index >= 15 is 0 Å². The van der Waals surface area contributed by atoms with Gasteiger partial charge >= 0.3 is 19.5 Å². The standard InChI is InChI=1S/C16H18FN4O9P/c17-8-1-3-9(4-2-8)18-15(24)19-11-5-6-21(16(25)20-11)14-13(23)12(22)10(30-14)7-29-31(26,27)28/h1-6,10,12-14,22-23H,7H2,(H2,26,27,28)(H2,18,19,20,24,25)/t10-,12-,13-,14-/m1/s1. The van der Waals surface area contributed by atoms with Crippen LogP contribution in [-0.4, -0.2) is 60.5 Å². The number of phosphoric acid groups is 1. The van der Waals surface area contributed by atoms with Crippen molar-refractivity contribution < 1.29 is 43.0 Å². The monoisotopic (exact) mass is 460 g/mol. The highest BCUT2D eigenvalue weighted by Gasteiger charge is 2.45. The number of nitrogens with zero attached hydrogens (tertiary/aromatic N) is 2. The number of urea groups is 1. The van der Waals surface area contributed by atoms with Gasteiger partial charge < -0.3 is 30.1 Å². The van der Waals surface area contributed by atoms with E-state index < -0.39 is 56.5 Å². The quantitative estimate of drug-likeness (QED) is 0.313. The van der Waals surface area contributed by atoms with Crippen molar-refractivity contribution in [3.8, 4) is 0 Å². The average molecular weight is 460 g/mol. The maximum atomic E-state index is 12.9. The van der Waals surface area contributed by atoms with Crippen molar-refractivity contribution in [2.24, 2.45) is 0 Å². The molecular weight excluding hydrogens is 442 g/mol. The van der Waals surface area contributed by atoms with Crippen molar-refractivity contribution in [1.29, 1.82) is 0 Å². The number of nitrogens with one attached hydrogen (secondary N) is 2. The van der Waals surface area contributed by atoms with Gasteiger partial charge in [0.1, 0.15) is 29.9 Å². The summed E-state index contributed by atoms with van der Waals surface area (Å²) in [6, 6.07) is 5.42. The van der Waals surface area contributed by atoms with Crippen LogP contribution in [0.5, 0.6) is 0 Å². The van der Waals surface area contributed by atoms with Gasteiger partial charge in [-0.15, -0.1) is 0 Å². The number of hydrogen-bond acceptors (Lipinski definition) is 8. The molecular formula is C16H18FN4O9P. The first-order valence-corrected chi connectivity index (χ1v) is 10.2. The van der Waals surface area contributed by atoms with E-state index in [1.807, 2.05) is 0 Å². The molecule has 0 saturated carbocycles. The molecule has 2 amide bonds. The first-order chi connectivity index (χ1) is 14.5. The molecule has 2 heterocycles. The summed E-state index contributed by atoms with van der Waals surface area (Å²) in [5, 5.41) is 24.8. The van der Waals surface area contributed by atoms with Crippen LogP contribution in [0, 0.1) is 5.82 Å². The van der Waals surface area contributed by atoms with Crippen LogP contribution < -0.4 is 16.3 Å². The van der Waals surface area contributed by atoms with Gasteiger partial charge in [0.05, 0.1) is 6.61 Å². The number of amides is 2. The van der Waals surface area contributed by atoms with Gasteiger partial charge in [0.15, 0.2) is 6.23 Å². The Morgan fingerprint density at radius 1 is 1.19 bits per heavy atom. The molecule has 0 spiro atoms. The Bertz CT molecular complexity index is 1040. The fourth-order valence-corrected chi connectivity index (χ4v) is 3.10. The molecule has 0 unspecified atom stereocenters. The number of carbonyl (C=O) groups is 1. The number of ether oxygens (including phenoxy) is 1. The third kappa shape index (κ3) is 5.92. The summed E-state index contributed by atoms with van der Waals surface area (Å²) in [5.41, 5.74) is -0.653. The Kier molecular flexibility index (Phi) is 6.81. The fourth-order valence-electron chi connectivity index (χ4n) is 2.76. The molecule has 4 atom stereocenters. The Hall–Kier alpha value is -2.71. The van der Waals surface area contributed by atoms with Crippen molar-refractivity contribution in [3.05, 3.63) is 52.8 Å². The van der Waals surface area contributed by atoms with Crippen molar-refractivity contribution in [1.82, 2.24) is 9.55 Å². The number of carbonyl (C=O) groups excluding carboxylic acids is 1. The van der Waals surface area contributed by atoms with Crippen molar-refractivity contribution in [2.75, 3.05) is 17.2 Å².